The number of carbonyl (C=O) groups is 1. The number of hydrogen-bond acceptors (Lipinski definition) is 7. The Morgan fingerprint density at radius 1 is 1.15 bits per heavy atom. The van der Waals surface area contributed by atoms with Crippen LogP contribution >= 0.6 is 0 Å². The molecule has 3 heterocycles. The zero-order chi connectivity index (χ0) is 19.0. The first-order valence-corrected chi connectivity index (χ1v) is 8.21. The van der Waals surface area contributed by atoms with Gasteiger partial charge in [-0.25, -0.2) is 9.31 Å². The van der Waals surface area contributed by atoms with Crippen LogP contribution in [0.2, 0.25) is 0 Å². The predicted molar refractivity (Wildman–Crippen MR) is 96.4 cm³/mol. The van der Waals surface area contributed by atoms with E-state index in [2.05, 4.69) is 15.3 Å². The Morgan fingerprint density at radius 3 is 2.63 bits per heavy atom. The van der Waals surface area contributed by atoms with Crippen LogP contribution in [0.4, 0.5) is 0 Å². The molecule has 27 heavy (non-hydrogen) atoms. The van der Waals surface area contributed by atoms with Crippen molar-refractivity contribution in [2.45, 2.75) is 6.92 Å². The van der Waals surface area contributed by atoms with Gasteiger partial charge >= 0.3 is 5.97 Å². The average molecular weight is 365 g/mol. The average Bonchev–Trinajstić information content (AvgIpc) is 3.13. The van der Waals surface area contributed by atoms with Crippen molar-refractivity contribution >= 4 is 22.6 Å². The number of hydrogen-bond donors (Lipinski definition) is 0. The molecule has 0 amide bonds. The highest BCUT2D eigenvalue weighted by Gasteiger charge is 2.18. The van der Waals surface area contributed by atoms with Crippen molar-refractivity contribution in [3.63, 3.8) is 0 Å². The van der Waals surface area contributed by atoms with Gasteiger partial charge in [0.15, 0.2) is 11.2 Å². The Bertz CT molecular complexity index is 1210. The van der Waals surface area contributed by atoms with E-state index in [1.807, 2.05) is 0 Å². The molecule has 0 bridgehead atoms. The van der Waals surface area contributed by atoms with E-state index in [1.54, 1.807) is 50.6 Å². The number of nitrogens with zero attached hydrogens (tertiary/aromatic N) is 5. The van der Waals surface area contributed by atoms with Gasteiger partial charge in [-0.15, -0.1) is 10.2 Å². The fourth-order valence-corrected chi connectivity index (χ4v) is 2.79. The molecule has 9 heteroatoms. The van der Waals surface area contributed by atoms with E-state index in [0.29, 0.717) is 17.0 Å². The van der Waals surface area contributed by atoms with E-state index in [-0.39, 0.29) is 28.9 Å². The van der Waals surface area contributed by atoms with Crippen LogP contribution in [-0.2, 0) is 4.74 Å². The molecule has 4 aromatic rings. The predicted octanol–water partition coefficient (Wildman–Crippen LogP) is 1.61. The monoisotopic (exact) mass is 365 g/mol. The Hall–Kier alpha value is -3.75. The lowest BCUT2D eigenvalue weighted by Crippen LogP contribution is -2.20. The summed E-state index contributed by atoms with van der Waals surface area (Å²) in [6.07, 6.45) is 2.98. The minimum atomic E-state index is -0.535. The standard InChI is InChI=1S/C18H15N5O4/c1-3-27-18(25)13-10-19-23-14-8-9-22(11-4-6-12(26-2)7-5-11)17(24)15(14)20-21-16(13)23/h4-10H,3H2,1-2H3. The summed E-state index contributed by atoms with van der Waals surface area (Å²) in [7, 11) is 1.58. The SMILES string of the molecule is CCOC(=O)c1cnn2c1nnc1c(=O)n(-c3ccc(OC)cc3)ccc12. The second kappa shape index (κ2) is 6.52. The lowest BCUT2D eigenvalue weighted by molar-refractivity contribution is 0.0528. The third-order valence-electron chi connectivity index (χ3n) is 4.11. The maximum Gasteiger partial charge on any atom is 0.343 e. The minimum Gasteiger partial charge on any atom is -0.497 e. The van der Waals surface area contributed by atoms with Crippen LogP contribution in [0.3, 0.4) is 0 Å². The van der Waals surface area contributed by atoms with Crippen molar-refractivity contribution in [2.75, 3.05) is 13.7 Å². The van der Waals surface area contributed by atoms with Gasteiger partial charge in [0.2, 0.25) is 0 Å². The highest BCUT2D eigenvalue weighted by atomic mass is 16.5. The van der Waals surface area contributed by atoms with E-state index in [9.17, 15) is 9.59 Å². The number of esters is 1. The molecule has 0 aliphatic carbocycles. The Morgan fingerprint density at radius 2 is 1.93 bits per heavy atom. The molecule has 3 aromatic heterocycles. The zero-order valence-electron chi connectivity index (χ0n) is 14.6. The van der Waals surface area contributed by atoms with Crippen LogP contribution in [-0.4, -0.2) is 44.1 Å². The van der Waals surface area contributed by atoms with Crippen molar-refractivity contribution < 1.29 is 14.3 Å². The largest absolute Gasteiger partial charge is 0.497 e. The summed E-state index contributed by atoms with van der Waals surface area (Å²) in [5, 5.41) is 12.2. The van der Waals surface area contributed by atoms with Gasteiger partial charge < -0.3 is 9.47 Å². The molecule has 0 spiro atoms. The molecule has 0 saturated heterocycles. The highest BCUT2D eigenvalue weighted by Crippen LogP contribution is 2.17. The van der Waals surface area contributed by atoms with Crippen molar-refractivity contribution in [1.82, 2.24) is 24.4 Å². The van der Waals surface area contributed by atoms with Crippen LogP contribution in [0.1, 0.15) is 17.3 Å². The summed E-state index contributed by atoms with van der Waals surface area (Å²) in [5.74, 6) is 0.157. The first kappa shape index (κ1) is 16.7. The minimum absolute atomic E-state index is 0.138. The summed E-state index contributed by atoms with van der Waals surface area (Å²) in [5.41, 5.74) is 1.34. The van der Waals surface area contributed by atoms with E-state index in [4.69, 9.17) is 9.47 Å². The van der Waals surface area contributed by atoms with Gasteiger partial charge in [-0.05, 0) is 37.3 Å². The van der Waals surface area contributed by atoms with E-state index < -0.39 is 5.97 Å². The van der Waals surface area contributed by atoms with Crippen LogP contribution in [0.5, 0.6) is 5.75 Å². The van der Waals surface area contributed by atoms with Gasteiger partial charge in [0.1, 0.15) is 16.8 Å². The van der Waals surface area contributed by atoms with Gasteiger partial charge in [0.25, 0.3) is 5.56 Å². The third kappa shape index (κ3) is 2.69. The lowest BCUT2D eigenvalue weighted by atomic mass is 10.3. The lowest BCUT2D eigenvalue weighted by Gasteiger charge is -2.08. The second-order valence-electron chi connectivity index (χ2n) is 5.64. The first-order chi connectivity index (χ1) is 13.1. The van der Waals surface area contributed by atoms with E-state index in [0.717, 1.165) is 0 Å². The van der Waals surface area contributed by atoms with Gasteiger partial charge in [-0.2, -0.15) is 5.10 Å². The Balaban J connectivity index is 1.87. The first-order valence-electron chi connectivity index (χ1n) is 8.21. The van der Waals surface area contributed by atoms with Gasteiger partial charge in [0, 0.05) is 11.9 Å². The van der Waals surface area contributed by atoms with Crippen molar-refractivity contribution in [2.24, 2.45) is 0 Å². The molecule has 4 rings (SSSR count). The normalized spacial score (nSPS) is 11.0. The maximum atomic E-state index is 12.9. The van der Waals surface area contributed by atoms with Crippen molar-refractivity contribution in [3.8, 4) is 11.4 Å². The number of fused-ring (bicyclic) bond motifs is 3. The Labute approximate surface area is 152 Å². The van der Waals surface area contributed by atoms with Gasteiger partial charge in [-0.3, -0.25) is 9.36 Å². The molecule has 0 N–H and O–H groups in total. The summed E-state index contributed by atoms with van der Waals surface area (Å²) in [4.78, 5) is 24.9. The zero-order valence-corrected chi connectivity index (χ0v) is 14.6. The molecular formula is C18H15N5O4. The van der Waals surface area contributed by atoms with E-state index >= 15 is 0 Å². The summed E-state index contributed by atoms with van der Waals surface area (Å²) >= 11 is 0. The molecule has 0 aliphatic heterocycles. The van der Waals surface area contributed by atoms with Crippen LogP contribution in [0.25, 0.3) is 22.4 Å². The van der Waals surface area contributed by atoms with E-state index in [1.165, 1.54) is 15.3 Å². The molecule has 0 saturated carbocycles. The topological polar surface area (TPSA) is 101 Å². The molecule has 0 aliphatic rings. The van der Waals surface area contributed by atoms with Crippen molar-refractivity contribution in [3.05, 3.63) is 58.6 Å². The summed E-state index contributed by atoms with van der Waals surface area (Å²) < 4.78 is 13.0. The molecular weight excluding hydrogens is 350 g/mol. The molecule has 0 radical (unpaired) electrons. The molecule has 136 valence electrons. The fourth-order valence-electron chi connectivity index (χ4n) is 2.79. The number of benzene rings is 1. The quantitative estimate of drug-likeness (QED) is 0.507. The summed E-state index contributed by atoms with van der Waals surface area (Å²) in [6, 6.07) is 8.76. The number of pyridine rings is 1. The fraction of sp³-hybridized carbons (Fsp3) is 0.167. The van der Waals surface area contributed by atoms with Gasteiger partial charge in [0.05, 0.1) is 19.9 Å². The molecule has 0 fully saturated rings. The van der Waals surface area contributed by atoms with Crippen LogP contribution in [0, 0.1) is 0 Å². The van der Waals surface area contributed by atoms with Crippen LogP contribution in [0.15, 0.2) is 47.5 Å². The third-order valence-corrected chi connectivity index (χ3v) is 4.11. The number of aromatic nitrogens is 5. The number of ether oxygens (including phenoxy) is 2. The number of methoxy groups -OCH3 is 1. The Kier molecular flexibility index (Phi) is 4.03. The molecule has 1 aromatic carbocycles. The van der Waals surface area contributed by atoms with Crippen molar-refractivity contribution in [1.29, 1.82) is 0 Å². The molecule has 0 unspecified atom stereocenters. The maximum absolute atomic E-state index is 12.9. The number of carbonyl (C=O) groups excluding carboxylic acids is 1. The highest BCUT2D eigenvalue weighted by molar-refractivity contribution is 5.96. The molecule has 0 atom stereocenters. The summed E-state index contributed by atoms with van der Waals surface area (Å²) in [6.45, 7) is 1.95. The molecule has 9 nitrogen and oxygen atoms in total. The second-order valence-corrected chi connectivity index (χ2v) is 5.64. The smallest absolute Gasteiger partial charge is 0.343 e. The number of rotatable bonds is 4. The van der Waals surface area contributed by atoms with Crippen LogP contribution < -0.4 is 10.3 Å². The van der Waals surface area contributed by atoms with Gasteiger partial charge in [-0.1, -0.05) is 0 Å².